The highest BCUT2D eigenvalue weighted by Crippen LogP contribution is 2.64. The molecule has 1 aromatic heterocycles. The Labute approximate surface area is 174 Å². The Hall–Kier alpha value is -1.23. The zero-order valence-electron chi connectivity index (χ0n) is 18.1. The van der Waals surface area contributed by atoms with Crippen LogP contribution in [-0.2, 0) is 11.3 Å². The predicted octanol–water partition coefficient (Wildman–Crippen LogP) is 4.26. The number of nitrogens with zero attached hydrogens (tertiary/aromatic N) is 3. The summed E-state index contributed by atoms with van der Waals surface area (Å²) < 4.78 is 1.69. The number of aliphatic hydroxyl groups is 1. The topological polar surface area (TPSA) is 68.0 Å². The molecule has 0 spiro atoms. The standard InChI is InChI=1S/C24H37N3O2/c1-3-24(29)11-9-17-16(14-24)4-5-19-18(17)8-10-23(2)20(19)6-7-21(23)22(28)15-27-13-12-25-26-27/h12-13,16-21,29H,3-11,14-15H2,1-2H3/t16-,17+,18-,19?,20+,21-,23+,24-/m1/s1. The van der Waals surface area contributed by atoms with Crippen molar-refractivity contribution in [2.45, 2.75) is 90.2 Å². The second kappa shape index (κ2) is 7.18. The molecule has 0 aliphatic heterocycles. The van der Waals surface area contributed by atoms with E-state index in [1.54, 1.807) is 17.1 Å². The molecule has 0 aromatic carbocycles. The van der Waals surface area contributed by atoms with Gasteiger partial charge < -0.3 is 5.11 Å². The molecule has 0 radical (unpaired) electrons. The molecule has 4 aliphatic rings. The highest BCUT2D eigenvalue weighted by atomic mass is 16.3. The largest absolute Gasteiger partial charge is 0.390 e. The molecular formula is C24H37N3O2. The lowest BCUT2D eigenvalue weighted by Crippen LogP contribution is -2.51. The lowest BCUT2D eigenvalue weighted by molar-refractivity contribution is -0.133. The average Bonchev–Trinajstić information content (AvgIpc) is 3.34. The van der Waals surface area contributed by atoms with Crippen LogP contribution in [0, 0.1) is 40.9 Å². The third-order valence-electron chi connectivity index (χ3n) is 9.94. The molecule has 160 valence electrons. The van der Waals surface area contributed by atoms with Crippen LogP contribution in [0.5, 0.6) is 0 Å². The van der Waals surface area contributed by atoms with Crippen LogP contribution in [0.1, 0.15) is 78.1 Å². The predicted molar refractivity (Wildman–Crippen MR) is 111 cm³/mol. The molecule has 1 N–H and O–H groups in total. The van der Waals surface area contributed by atoms with E-state index in [0.29, 0.717) is 18.2 Å². The highest BCUT2D eigenvalue weighted by Gasteiger charge is 2.58. The number of carbonyl (C=O) groups is 1. The first-order valence-corrected chi connectivity index (χ1v) is 12.0. The van der Waals surface area contributed by atoms with Crippen molar-refractivity contribution >= 4 is 5.78 Å². The van der Waals surface area contributed by atoms with Gasteiger partial charge in [-0.25, -0.2) is 4.68 Å². The normalized spacial score (nSPS) is 46.6. The van der Waals surface area contributed by atoms with Crippen LogP contribution < -0.4 is 0 Å². The fraction of sp³-hybridized carbons (Fsp3) is 0.875. The van der Waals surface area contributed by atoms with E-state index in [-0.39, 0.29) is 11.3 Å². The van der Waals surface area contributed by atoms with Gasteiger partial charge in [-0.15, -0.1) is 5.10 Å². The van der Waals surface area contributed by atoms with Crippen LogP contribution in [-0.4, -0.2) is 31.5 Å². The Kier molecular flexibility index (Phi) is 4.88. The highest BCUT2D eigenvalue weighted by molar-refractivity contribution is 5.82. The SMILES string of the molecule is CC[C@@]1(O)CC[C@H]2[C@H](CCC3[C@@H]2CC[C@]2(C)[C@@H](C(=O)Cn4ccnn4)CC[C@@H]32)C1. The van der Waals surface area contributed by atoms with Gasteiger partial charge in [0.25, 0.3) is 0 Å². The van der Waals surface area contributed by atoms with Gasteiger partial charge in [-0.05, 0) is 99.2 Å². The van der Waals surface area contributed by atoms with Gasteiger partial charge in [-0.3, -0.25) is 4.79 Å². The van der Waals surface area contributed by atoms with E-state index in [0.717, 1.165) is 49.4 Å². The van der Waals surface area contributed by atoms with Crippen LogP contribution in [0.25, 0.3) is 0 Å². The average molecular weight is 400 g/mol. The lowest BCUT2D eigenvalue weighted by atomic mass is 9.48. The fourth-order valence-corrected chi connectivity index (χ4v) is 8.40. The van der Waals surface area contributed by atoms with Crippen molar-refractivity contribution in [2.75, 3.05) is 0 Å². The second-order valence-corrected chi connectivity index (χ2v) is 11.0. The van der Waals surface area contributed by atoms with Gasteiger partial charge in [0.1, 0.15) is 6.54 Å². The van der Waals surface area contributed by atoms with Crippen molar-refractivity contribution < 1.29 is 9.90 Å². The number of fused-ring (bicyclic) bond motifs is 5. The van der Waals surface area contributed by atoms with E-state index in [1.165, 1.54) is 38.5 Å². The van der Waals surface area contributed by atoms with Gasteiger partial charge in [0, 0.05) is 12.1 Å². The summed E-state index contributed by atoms with van der Waals surface area (Å²) in [4.78, 5) is 13.1. The molecule has 5 heteroatoms. The van der Waals surface area contributed by atoms with E-state index < -0.39 is 5.60 Å². The molecule has 4 saturated carbocycles. The fourth-order valence-electron chi connectivity index (χ4n) is 8.40. The smallest absolute Gasteiger partial charge is 0.157 e. The number of hydrogen-bond acceptors (Lipinski definition) is 4. The van der Waals surface area contributed by atoms with Gasteiger partial charge in [0.05, 0.1) is 11.8 Å². The summed E-state index contributed by atoms with van der Waals surface area (Å²) in [7, 11) is 0. The van der Waals surface area contributed by atoms with Crippen LogP contribution in [0.15, 0.2) is 12.4 Å². The zero-order valence-corrected chi connectivity index (χ0v) is 18.1. The molecule has 4 aliphatic carbocycles. The van der Waals surface area contributed by atoms with E-state index in [2.05, 4.69) is 24.2 Å². The zero-order chi connectivity index (χ0) is 20.2. The quantitative estimate of drug-likeness (QED) is 0.821. The molecule has 1 heterocycles. The summed E-state index contributed by atoms with van der Waals surface area (Å²) in [5.41, 5.74) is -0.228. The number of Topliss-reactive ketones (excluding diaryl/α,β-unsaturated/α-hetero) is 1. The molecule has 1 unspecified atom stereocenters. The lowest BCUT2D eigenvalue weighted by Gasteiger charge is -2.57. The van der Waals surface area contributed by atoms with Crippen molar-refractivity contribution in [1.82, 2.24) is 15.0 Å². The number of rotatable bonds is 4. The van der Waals surface area contributed by atoms with Crippen molar-refractivity contribution in [3.05, 3.63) is 12.4 Å². The minimum absolute atomic E-state index is 0.171. The third kappa shape index (κ3) is 3.19. The molecule has 29 heavy (non-hydrogen) atoms. The molecule has 1 aromatic rings. The van der Waals surface area contributed by atoms with Crippen molar-refractivity contribution in [2.24, 2.45) is 40.9 Å². The van der Waals surface area contributed by atoms with Gasteiger partial charge in [0.15, 0.2) is 5.78 Å². The number of carbonyl (C=O) groups excluding carboxylic acids is 1. The summed E-state index contributed by atoms with van der Waals surface area (Å²) >= 11 is 0. The van der Waals surface area contributed by atoms with Crippen LogP contribution >= 0.6 is 0 Å². The maximum atomic E-state index is 13.1. The van der Waals surface area contributed by atoms with Crippen LogP contribution in [0.2, 0.25) is 0 Å². The van der Waals surface area contributed by atoms with Crippen molar-refractivity contribution in [1.29, 1.82) is 0 Å². The monoisotopic (exact) mass is 399 g/mol. The minimum Gasteiger partial charge on any atom is -0.390 e. The third-order valence-corrected chi connectivity index (χ3v) is 9.94. The minimum atomic E-state index is -0.399. The molecule has 0 saturated heterocycles. The number of hydrogen-bond donors (Lipinski definition) is 1. The molecule has 0 bridgehead atoms. The van der Waals surface area contributed by atoms with E-state index in [1.807, 2.05) is 0 Å². The Bertz CT molecular complexity index is 749. The molecule has 5 nitrogen and oxygen atoms in total. The van der Waals surface area contributed by atoms with E-state index in [4.69, 9.17) is 0 Å². The summed E-state index contributed by atoms with van der Waals surface area (Å²) in [6.45, 7) is 4.95. The van der Waals surface area contributed by atoms with Gasteiger partial charge in [-0.1, -0.05) is 19.1 Å². The van der Waals surface area contributed by atoms with Crippen molar-refractivity contribution in [3.8, 4) is 0 Å². The summed E-state index contributed by atoms with van der Waals surface area (Å²) in [6.07, 6.45) is 15.0. The summed E-state index contributed by atoms with van der Waals surface area (Å²) in [5.74, 6) is 4.42. The Balaban J connectivity index is 1.31. The van der Waals surface area contributed by atoms with Crippen LogP contribution in [0.3, 0.4) is 0 Å². The number of ketones is 1. The Morgan fingerprint density at radius 3 is 2.69 bits per heavy atom. The molecule has 8 atom stereocenters. The van der Waals surface area contributed by atoms with E-state index in [9.17, 15) is 9.90 Å². The molecule has 0 amide bonds. The second-order valence-electron chi connectivity index (χ2n) is 11.0. The molecule has 4 fully saturated rings. The molecular weight excluding hydrogens is 362 g/mol. The van der Waals surface area contributed by atoms with Gasteiger partial charge in [0.2, 0.25) is 0 Å². The van der Waals surface area contributed by atoms with Gasteiger partial charge in [-0.2, -0.15) is 0 Å². The number of aromatic nitrogens is 3. The summed E-state index contributed by atoms with van der Waals surface area (Å²) in [5, 5.41) is 18.7. The maximum Gasteiger partial charge on any atom is 0.157 e. The van der Waals surface area contributed by atoms with Gasteiger partial charge >= 0.3 is 0 Å². The first-order chi connectivity index (χ1) is 13.9. The Morgan fingerprint density at radius 2 is 1.93 bits per heavy atom. The first-order valence-electron chi connectivity index (χ1n) is 12.0. The maximum absolute atomic E-state index is 13.1. The molecule has 5 rings (SSSR count). The summed E-state index contributed by atoms with van der Waals surface area (Å²) in [6, 6.07) is 0. The van der Waals surface area contributed by atoms with Crippen molar-refractivity contribution in [3.63, 3.8) is 0 Å². The first kappa shape index (κ1) is 19.7. The van der Waals surface area contributed by atoms with E-state index >= 15 is 0 Å². The van der Waals surface area contributed by atoms with Crippen LogP contribution in [0.4, 0.5) is 0 Å². The Morgan fingerprint density at radius 1 is 1.10 bits per heavy atom.